The number of aromatic nitrogens is 2. The van der Waals surface area contributed by atoms with Gasteiger partial charge in [0.1, 0.15) is 15.2 Å². The zero-order valence-electron chi connectivity index (χ0n) is 14.1. The Morgan fingerprint density at radius 1 is 1.22 bits per heavy atom. The van der Waals surface area contributed by atoms with Crippen LogP contribution in [0.5, 0.6) is 0 Å². The lowest BCUT2D eigenvalue weighted by Gasteiger charge is -2.26. The minimum Gasteiger partial charge on any atom is -0.337 e. The Balaban J connectivity index is 2.01. The summed E-state index contributed by atoms with van der Waals surface area (Å²) < 4.78 is 27.6. The Hall–Kier alpha value is -1.52. The number of ketones is 1. The predicted molar refractivity (Wildman–Crippen MR) is 107 cm³/mol. The van der Waals surface area contributed by atoms with Gasteiger partial charge in [-0.3, -0.25) is 4.79 Å². The fraction of sp³-hybridized carbons (Fsp3) is 0.312. The first-order valence-corrected chi connectivity index (χ1v) is 11.2. The van der Waals surface area contributed by atoms with Crippen molar-refractivity contribution in [2.45, 2.75) is 19.3 Å². The van der Waals surface area contributed by atoms with Gasteiger partial charge in [0.25, 0.3) is 0 Å². The van der Waals surface area contributed by atoms with Gasteiger partial charge in [-0.15, -0.1) is 11.3 Å². The Morgan fingerprint density at radius 2 is 1.96 bits per heavy atom. The molecular formula is C16H16Cl2N4O3S2. The molecule has 1 aliphatic heterocycles. The van der Waals surface area contributed by atoms with E-state index in [9.17, 15) is 13.2 Å². The van der Waals surface area contributed by atoms with Gasteiger partial charge in [0.2, 0.25) is 15.8 Å². The van der Waals surface area contributed by atoms with Crippen LogP contribution in [0.15, 0.2) is 34.8 Å². The lowest BCUT2D eigenvalue weighted by molar-refractivity contribution is 0.104. The molecule has 1 fully saturated rings. The third kappa shape index (κ3) is 4.67. The number of allylic oxidation sites excluding steroid dienone is 1. The summed E-state index contributed by atoms with van der Waals surface area (Å²) in [5, 5.41) is 4.94. The maximum absolute atomic E-state index is 13.1. The van der Waals surface area contributed by atoms with E-state index in [2.05, 4.69) is 15.3 Å². The maximum Gasteiger partial charge on any atom is 0.248 e. The van der Waals surface area contributed by atoms with Crippen LogP contribution in [-0.2, 0) is 10.0 Å². The van der Waals surface area contributed by atoms with Crippen LogP contribution in [0.25, 0.3) is 0 Å². The van der Waals surface area contributed by atoms with Crippen molar-refractivity contribution >= 4 is 55.5 Å². The zero-order valence-corrected chi connectivity index (χ0v) is 17.2. The molecule has 2 aromatic rings. The second-order valence-electron chi connectivity index (χ2n) is 5.76. The SMILES string of the molecule is O=C(C(=CNc1nccs1)S(=O)(=O)N1CCCCC1)c1ccc(Cl)nc1Cl. The number of hydrogen-bond donors (Lipinski definition) is 1. The highest BCUT2D eigenvalue weighted by Gasteiger charge is 2.34. The number of carbonyl (C=O) groups is 1. The molecule has 0 unspecified atom stereocenters. The maximum atomic E-state index is 13.1. The number of anilines is 1. The van der Waals surface area contributed by atoms with Crippen LogP contribution in [0.3, 0.4) is 0 Å². The van der Waals surface area contributed by atoms with Gasteiger partial charge in [0, 0.05) is 30.9 Å². The standard InChI is InChI=1S/C16H16Cl2N4O3S2/c17-13-5-4-11(15(18)21-13)14(23)12(10-20-16-19-6-9-26-16)27(24,25)22-7-2-1-3-8-22/h4-6,9-10H,1-3,7-8H2,(H,19,20). The largest absolute Gasteiger partial charge is 0.337 e. The molecule has 0 radical (unpaired) electrons. The first kappa shape index (κ1) is 20.2. The predicted octanol–water partition coefficient (Wildman–Crippen LogP) is 3.80. The Bertz CT molecular complexity index is 956. The quantitative estimate of drug-likeness (QED) is 0.412. The van der Waals surface area contributed by atoms with E-state index in [1.165, 1.54) is 27.8 Å². The number of nitrogens with zero attached hydrogens (tertiary/aromatic N) is 3. The summed E-state index contributed by atoms with van der Waals surface area (Å²) >= 11 is 13.1. The molecule has 27 heavy (non-hydrogen) atoms. The van der Waals surface area contributed by atoms with Crippen LogP contribution in [0.2, 0.25) is 10.3 Å². The molecular weight excluding hydrogens is 431 g/mol. The summed E-state index contributed by atoms with van der Waals surface area (Å²) in [6.07, 6.45) is 5.20. The molecule has 0 spiro atoms. The number of pyridine rings is 1. The van der Waals surface area contributed by atoms with E-state index < -0.39 is 20.7 Å². The van der Waals surface area contributed by atoms with Gasteiger partial charge in [-0.25, -0.2) is 18.4 Å². The van der Waals surface area contributed by atoms with Crippen LogP contribution < -0.4 is 5.32 Å². The van der Waals surface area contributed by atoms with E-state index in [4.69, 9.17) is 23.2 Å². The molecule has 2 aromatic heterocycles. The van der Waals surface area contributed by atoms with Gasteiger partial charge >= 0.3 is 0 Å². The molecule has 144 valence electrons. The van der Waals surface area contributed by atoms with E-state index >= 15 is 0 Å². The van der Waals surface area contributed by atoms with Crippen LogP contribution in [0, 0.1) is 0 Å². The van der Waals surface area contributed by atoms with Crippen molar-refractivity contribution in [3.63, 3.8) is 0 Å². The zero-order chi connectivity index (χ0) is 19.4. The van der Waals surface area contributed by atoms with Crippen molar-refractivity contribution in [1.29, 1.82) is 0 Å². The number of nitrogens with one attached hydrogen (secondary N) is 1. The number of piperidine rings is 1. The summed E-state index contributed by atoms with van der Waals surface area (Å²) in [4.78, 5) is 20.5. The number of rotatable bonds is 6. The molecule has 0 saturated carbocycles. The van der Waals surface area contributed by atoms with Crippen LogP contribution in [-0.4, -0.2) is 41.6 Å². The summed E-state index contributed by atoms with van der Waals surface area (Å²) in [7, 11) is -4.01. The minimum absolute atomic E-state index is 0.0335. The minimum atomic E-state index is -4.01. The monoisotopic (exact) mass is 446 g/mol. The fourth-order valence-corrected chi connectivity index (χ4v) is 5.14. The highest BCUT2D eigenvalue weighted by molar-refractivity contribution is 7.94. The number of halogens is 2. The first-order chi connectivity index (χ1) is 12.9. The second-order valence-corrected chi connectivity index (χ2v) is 9.30. The molecule has 11 heteroatoms. The highest BCUT2D eigenvalue weighted by atomic mass is 35.5. The third-order valence-electron chi connectivity index (χ3n) is 3.98. The lowest BCUT2D eigenvalue weighted by Crippen LogP contribution is -2.38. The average molecular weight is 447 g/mol. The summed E-state index contributed by atoms with van der Waals surface area (Å²) in [5.74, 6) is -0.751. The molecule has 1 aliphatic rings. The molecule has 0 atom stereocenters. The fourth-order valence-electron chi connectivity index (χ4n) is 2.64. The third-order valence-corrected chi connectivity index (χ3v) is 7.08. The first-order valence-electron chi connectivity index (χ1n) is 8.12. The van der Waals surface area contributed by atoms with E-state index in [1.54, 1.807) is 11.6 Å². The van der Waals surface area contributed by atoms with Crippen molar-refractivity contribution in [2.75, 3.05) is 18.4 Å². The molecule has 7 nitrogen and oxygen atoms in total. The van der Waals surface area contributed by atoms with Gasteiger partial charge in [-0.05, 0) is 25.0 Å². The molecule has 3 rings (SSSR count). The second kappa shape index (κ2) is 8.66. The Morgan fingerprint density at radius 3 is 2.59 bits per heavy atom. The van der Waals surface area contributed by atoms with Crippen LogP contribution in [0.1, 0.15) is 29.6 Å². The van der Waals surface area contributed by atoms with Gasteiger partial charge in [-0.2, -0.15) is 4.31 Å². The summed E-state index contributed by atoms with van der Waals surface area (Å²) in [5.41, 5.74) is -0.0335. The molecule has 0 bridgehead atoms. The number of thiazole rings is 1. The van der Waals surface area contributed by atoms with Crippen molar-refractivity contribution in [1.82, 2.24) is 14.3 Å². The molecule has 3 heterocycles. The smallest absolute Gasteiger partial charge is 0.248 e. The van der Waals surface area contributed by atoms with Gasteiger partial charge in [0.15, 0.2) is 5.13 Å². The van der Waals surface area contributed by atoms with Gasteiger partial charge in [-0.1, -0.05) is 29.6 Å². The van der Waals surface area contributed by atoms with E-state index in [1.807, 2.05) is 0 Å². The van der Waals surface area contributed by atoms with Crippen molar-refractivity contribution in [2.24, 2.45) is 0 Å². The average Bonchev–Trinajstić information content (AvgIpc) is 3.16. The van der Waals surface area contributed by atoms with E-state index in [0.717, 1.165) is 25.5 Å². The number of sulfonamides is 1. The number of carbonyl (C=O) groups excluding carboxylic acids is 1. The summed E-state index contributed by atoms with van der Waals surface area (Å²) in [6, 6.07) is 2.75. The van der Waals surface area contributed by atoms with Crippen LogP contribution in [0.4, 0.5) is 5.13 Å². The van der Waals surface area contributed by atoms with Crippen LogP contribution >= 0.6 is 34.5 Å². The highest BCUT2D eigenvalue weighted by Crippen LogP contribution is 2.26. The molecule has 0 aromatic carbocycles. The lowest BCUT2D eigenvalue weighted by atomic mass is 10.2. The van der Waals surface area contributed by atoms with Crippen molar-refractivity contribution < 1.29 is 13.2 Å². The topological polar surface area (TPSA) is 92.3 Å². The van der Waals surface area contributed by atoms with Crippen molar-refractivity contribution in [3.8, 4) is 0 Å². The molecule has 1 saturated heterocycles. The molecule has 0 amide bonds. The summed E-state index contributed by atoms with van der Waals surface area (Å²) in [6.45, 7) is 0.744. The normalized spacial score (nSPS) is 16.3. The Kier molecular flexibility index (Phi) is 6.48. The van der Waals surface area contributed by atoms with Gasteiger partial charge in [0.05, 0.1) is 5.56 Å². The Labute approximate surface area is 171 Å². The number of Topliss-reactive ketones (excluding diaryl/α,β-unsaturated/α-hetero) is 1. The van der Waals surface area contributed by atoms with Gasteiger partial charge < -0.3 is 5.32 Å². The molecule has 0 aliphatic carbocycles. The molecule has 1 N–H and O–H groups in total. The van der Waals surface area contributed by atoms with E-state index in [-0.39, 0.29) is 15.9 Å². The number of hydrogen-bond acceptors (Lipinski definition) is 7. The van der Waals surface area contributed by atoms with Crippen molar-refractivity contribution in [3.05, 3.63) is 50.7 Å². The van der Waals surface area contributed by atoms with E-state index in [0.29, 0.717) is 18.2 Å².